The van der Waals surface area contributed by atoms with Crippen LogP contribution < -0.4 is 15.4 Å². The Morgan fingerprint density at radius 2 is 2.03 bits per heavy atom. The normalized spacial score (nSPS) is 20.3. The number of hydrogen-bond donors (Lipinski definition) is 2. The van der Waals surface area contributed by atoms with Gasteiger partial charge in [-0.25, -0.2) is 0 Å². The molecule has 1 aliphatic heterocycles. The molecule has 166 valence electrons. The standard InChI is InChI=1S/C24H38N4O2/c1-4-25-24(26-14-12-19-11-10-18(2)22(16-19)30-3)27-21-13-15-28(17-21)23(29)20-8-6-5-7-9-20/h10-11,16,20-21H,4-9,12-15,17H2,1-3H3,(H2,25,26,27). The van der Waals surface area contributed by atoms with Crippen LogP contribution in [0.3, 0.4) is 0 Å². The molecule has 3 rings (SSSR count). The predicted molar refractivity (Wildman–Crippen MR) is 122 cm³/mol. The van der Waals surface area contributed by atoms with Crippen molar-refractivity contribution in [1.29, 1.82) is 0 Å². The SMILES string of the molecule is CCNC(=NCCc1ccc(C)c(OC)c1)NC1CCN(C(=O)C2CCCCC2)C1. The number of benzene rings is 1. The number of amides is 1. The summed E-state index contributed by atoms with van der Waals surface area (Å²) in [7, 11) is 1.71. The van der Waals surface area contributed by atoms with E-state index in [1.807, 2.05) is 0 Å². The van der Waals surface area contributed by atoms with Gasteiger partial charge in [0.2, 0.25) is 5.91 Å². The highest BCUT2D eigenvalue weighted by atomic mass is 16.5. The summed E-state index contributed by atoms with van der Waals surface area (Å²) in [6, 6.07) is 6.60. The molecule has 0 spiro atoms. The smallest absolute Gasteiger partial charge is 0.225 e. The Bertz CT molecular complexity index is 728. The van der Waals surface area contributed by atoms with Crippen molar-refractivity contribution < 1.29 is 9.53 Å². The zero-order chi connectivity index (χ0) is 21.3. The van der Waals surface area contributed by atoms with Gasteiger partial charge >= 0.3 is 0 Å². The van der Waals surface area contributed by atoms with Gasteiger partial charge in [-0.05, 0) is 56.7 Å². The molecule has 1 amide bonds. The van der Waals surface area contributed by atoms with Crippen LogP contribution in [0.4, 0.5) is 0 Å². The lowest BCUT2D eigenvalue weighted by Gasteiger charge is -2.26. The van der Waals surface area contributed by atoms with E-state index >= 15 is 0 Å². The van der Waals surface area contributed by atoms with Crippen molar-refractivity contribution in [3.05, 3.63) is 29.3 Å². The Hall–Kier alpha value is -2.24. The molecule has 1 aromatic carbocycles. The summed E-state index contributed by atoms with van der Waals surface area (Å²) in [5.41, 5.74) is 2.37. The van der Waals surface area contributed by atoms with E-state index in [1.165, 1.54) is 24.8 Å². The third-order valence-corrected chi connectivity index (χ3v) is 6.28. The average Bonchev–Trinajstić information content (AvgIpc) is 3.23. The number of nitrogens with one attached hydrogen (secondary N) is 2. The summed E-state index contributed by atoms with van der Waals surface area (Å²) in [5.74, 6) is 2.39. The maximum Gasteiger partial charge on any atom is 0.225 e. The van der Waals surface area contributed by atoms with Gasteiger partial charge in [-0.15, -0.1) is 0 Å². The van der Waals surface area contributed by atoms with Crippen LogP contribution in [0.5, 0.6) is 5.75 Å². The number of ether oxygens (including phenoxy) is 1. The zero-order valence-electron chi connectivity index (χ0n) is 18.9. The fraction of sp³-hybridized carbons (Fsp3) is 0.667. The number of aliphatic imine (C=N–C) groups is 1. The second-order valence-electron chi connectivity index (χ2n) is 8.56. The van der Waals surface area contributed by atoms with E-state index < -0.39 is 0 Å². The van der Waals surface area contributed by atoms with Crippen LogP contribution in [0.25, 0.3) is 0 Å². The van der Waals surface area contributed by atoms with Crippen molar-refractivity contribution in [2.45, 2.75) is 64.8 Å². The summed E-state index contributed by atoms with van der Waals surface area (Å²) in [6.07, 6.45) is 7.68. The number of nitrogens with zero attached hydrogens (tertiary/aromatic N) is 2. The van der Waals surface area contributed by atoms with E-state index in [2.05, 4.69) is 47.6 Å². The summed E-state index contributed by atoms with van der Waals surface area (Å²) >= 11 is 0. The fourth-order valence-electron chi connectivity index (χ4n) is 4.52. The number of aryl methyl sites for hydroxylation is 1. The van der Waals surface area contributed by atoms with Gasteiger partial charge in [0, 0.05) is 38.1 Å². The number of likely N-dealkylation sites (tertiary alicyclic amines) is 1. The van der Waals surface area contributed by atoms with Gasteiger partial charge in [0.05, 0.1) is 7.11 Å². The summed E-state index contributed by atoms with van der Waals surface area (Å²) in [4.78, 5) is 19.6. The largest absolute Gasteiger partial charge is 0.496 e. The molecule has 1 heterocycles. The lowest BCUT2D eigenvalue weighted by Crippen LogP contribution is -2.45. The predicted octanol–water partition coefficient (Wildman–Crippen LogP) is 3.28. The first-order valence-electron chi connectivity index (χ1n) is 11.6. The van der Waals surface area contributed by atoms with Crippen LogP contribution in [0.15, 0.2) is 23.2 Å². The Morgan fingerprint density at radius 1 is 1.23 bits per heavy atom. The fourth-order valence-corrected chi connectivity index (χ4v) is 4.52. The van der Waals surface area contributed by atoms with Crippen molar-refractivity contribution in [2.75, 3.05) is 33.3 Å². The number of rotatable bonds is 7. The van der Waals surface area contributed by atoms with Gasteiger partial charge in [-0.2, -0.15) is 0 Å². The van der Waals surface area contributed by atoms with Crippen LogP contribution in [-0.2, 0) is 11.2 Å². The van der Waals surface area contributed by atoms with Crippen molar-refractivity contribution >= 4 is 11.9 Å². The second-order valence-corrected chi connectivity index (χ2v) is 8.56. The van der Waals surface area contributed by atoms with E-state index in [9.17, 15) is 4.79 Å². The molecule has 30 heavy (non-hydrogen) atoms. The van der Waals surface area contributed by atoms with Crippen LogP contribution in [0.2, 0.25) is 0 Å². The molecule has 0 radical (unpaired) electrons. The Morgan fingerprint density at radius 3 is 2.77 bits per heavy atom. The van der Waals surface area contributed by atoms with Gasteiger partial charge in [0.15, 0.2) is 5.96 Å². The molecular weight excluding hydrogens is 376 g/mol. The minimum atomic E-state index is 0.255. The van der Waals surface area contributed by atoms with Crippen LogP contribution in [0.1, 0.15) is 56.6 Å². The van der Waals surface area contributed by atoms with Crippen molar-refractivity contribution in [3.63, 3.8) is 0 Å². The lowest BCUT2D eigenvalue weighted by atomic mass is 9.88. The van der Waals surface area contributed by atoms with Crippen molar-refractivity contribution in [3.8, 4) is 5.75 Å². The number of guanidine groups is 1. The van der Waals surface area contributed by atoms with Gasteiger partial charge < -0.3 is 20.3 Å². The van der Waals surface area contributed by atoms with Crippen molar-refractivity contribution in [2.24, 2.45) is 10.9 Å². The highest BCUT2D eigenvalue weighted by Crippen LogP contribution is 2.26. The first-order valence-corrected chi connectivity index (χ1v) is 11.6. The molecular formula is C24H38N4O2. The molecule has 2 N–H and O–H groups in total. The molecule has 1 saturated heterocycles. The van der Waals surface area contributed by atoms with Crippen LogP contribution in [-0.4, -0.2) is 56.1 Å². The van der Waals surface area contributed by atoms with E-state index in [0.717, 1.165) is 62.6 Å². The number of methoxy groups -OCH3 is 1. The molecule has 2 aliphatic rings. The average molecular weight is 415 g/mol. The van der Waals surface area contributed by atoms with Crippen LogP contribution >= 0.6 is 0 Å². The number of carbonyl (C=O) groups excluding carboxylic acids is 1. The molecule has 1 aromatic rings. The monoisotopic (exact) mass is 414 g/mol. The molecule has 6 nitrogen and oxygen atoms in total. The maximum absolute atomic E-state index is 12.8. The second kappa shape index (κ2) is 11.2. The number of hydrogen-bond acceptors (Lipinski definition) is 3. The Labute approximate surface area is 181 Å². The van der Waals surface area contributed by atoms with E-state index in [4.69, 9.17) is 9.73 Å². The molecule has 0 bridgehead atoms. The summed E-state index contributed by atoms with van der Waals surface area (Å²) < 4.78 is 5.42. The van der Waals surface area contributed by atoms with Crippen molar-refractivity contribution in [1.82, 2.24) is 15.5 Å². The maximum atomic E-state index is 12.8. The topological polar surface area (TPSA) is 66.0 Å². The molecule has 0 aromatic heterocycles. The Kier molecular flexibility index (Phi) is 8.40. The first-order chi connectivity index (χ1) is 14.6. The number of carbonyl (C=O) groups is 1. The molecule has 1 atom stereocenters. The summed E-state index contributed by atoms with van der Waals surface area (Å²) in [5, 5.41) is 6.89. The molecule has 2 fully saturated rings. The van der Waals surface area contributed by atoms with E-state index in [-0.39, 0.29) is 12.0 Å². The van der Waals surface area contributed by atoms with E-state index in [0.29, 0.717) is 12.5 Å². The van der Waals surface area contributed by atoms with Gasteiger partial charge in [-0.1, -0.05) is 31.4 Å². The van der Waals surface area contributed by atoms with Crippen LogP contribution in [0, 0.1) is 12.8 Å². The highest BCUT2D eigenvalue weighted by molar-refractivity contribution is 5.81. The highest BCUT2D eigenvalue weighted by Gasteiger charge is 2.31. The molecule has 6 heteroatoms. The van der Waals surface area contributed by atoms with Gasteiger partial charge in [0.1, 0.15) is 5.75 Å². The minimum Gasteiger partial charge on any atom is -0.496 e. The summed E-state index contributed by atoms with van der Waals surface area (Å²) in [6.45, 7) is 7.30. The van der Waals surface area contributed by atoms with Gasteiger partial charge in [-0.3, -0.25) is 9.79 Å². The van der Waals surface area contributed by atoms with Gasteiger partial charge in [0.25, 0.3) is 0 Å². The molecule has 1 unspecified atom stereocenters. The Balaban J connectivity index is 1.50. The lowest BCUT2D eigenvalue weighted by molar-refractivity contribution is -0.135. The molecule has 1 aliphatic carbocycles. The minimum absolute atomic E-state index is 0.255. The quantitative estimate of drug-likeness (QED) is 0.531. The molecule has 1 saturated carbocycles. The zero-order valence-corrected chi connectivity index (χ0v) is 18.9. The first kappa shape index (κ1) is 22.4. The third kappa shape index (κ3) is 6.13. The third-order valence-electron chi connectivity index (χ3n) is 6.28. The van der Waals surface area contributed by atoms with E-state index in [1.54, 1.807) is 7.11 Å².